The fraction of sp³-hybridized carbons (Fsp3) is 0.458. The normalized spacial score (nSPS) is 18.7. The molecule has 1 aliphatic carbocycles. The van der Waals surface area contributed by atoms with Crippen molar-refractivity contribution < 1.29 is 13.2 Å². The van der Waals surface area contributed by atoms with E-state index in [4.69, 9.17) is 11.6 Å². The highest BCUT2D eigenvalue weighted by Gasteiger charge is 2.30. The molecule has 0 unspecified atom stereocenters. The van der Waals surface area contributed by atoms with Crippen LogP contribution in [0.15, 0.2) is 41.3 Å². The molecule has 172 valence electrons. The predicted octanol–water partition coefficient (Wildman–Crippen LogP) is 3.65. The summed E-state index contributed by atoms with van der Waals surface area (Å²) >= 11 is 6.25. The minimum absolute atomic E-state index is 0.0159. The van der Waals surface area contributed by atoms with Gasteiger partial charge >= 0.3 is 0 Å². The Balaban J connectivity index is 1.52. The Kier molecular flexibility index (Phi) is 6.91. The van der Waals surface area contributed by atoms with E-state index in [1.54, 1.807) is 6.07 Å². The molecule has 8 heteroatoms. The van der Waals surface area contributed by atoms with Crippen LogP contribution in [0.2, 0.25) is 5.02 Å². The smallest absolute Gasteiger partial charge is 0.251 e. The average molecular weight is 476 g/mol. The van der Waals surface area contributed by atoms with Crippen molar-refractivity contribution in [2.45, 2.75) is 43.5 Å². The number of hydrogen-bond donors (Lipinski definition) is 1. The quantitative estimate of drug-likeness (QED) is 0.716. The molecule has 0 spiro atoms. The fourth-order valence-electron chi connectivity index (χ4n) is 4.40. The van der Waals surface area contributed by atoms with Crippen LogP contribution in [0.4, 0.5) is 0 Å². The molecule has 2 aromatic carbocycles. The topological polar surface area (TPSA) is 69.7 Å². The number of likely N-dealkylation sites (N-methyl/N-ethyl adjacent to an activating group) is 1. The molecule has 4 rings (SSSR count). The predicted molar refractivity (Wildman–Crippen MR) is 127 cm³/mol. The van der Waals surface area contributed by atoms with Crippen LogP contribution < -0.4 is 5.32 Å². The second-order valence-corrected chi connectivity index (χ2v) is 11.1. The summed E-state index contributed by atoms with van der Waals surface area (Å²) < 4.78 is 27.8. The van der Waals surface area contributed by atoms with Gasteiger partial charge in [-0.1, -0.05) is 29.8 Å². The molecule has 0 bridgehead atoms. The molecule has 0 saturated carbocycles. The first-order chi connectivity index (χ1) is 15.3. The van der Waals surface area contributed by atoms with Crippen LogP contribution in [0.3, 0.4) is 0 Å². The van der Waals surface area contributed by atoms with Gasteiger partial charge in [0, 0.05) is 31.7 Å². The highest BCUT2D eigenvalue weighted by atomic mass is 35.5. The van der Waals surface area contributed by atoms with E-state index in [2.05, 4.69) is 28.4 Å². The second-order valence-electron chi connectivity index (χ2n) is 8.78. The van der Waals surface area contributed by atoms with E-state index in [9.17, 15) is 13.2 Å². The molecule has 0 aromatic heterocycles. The third-order valence-electron chi connectivity index (χ3n) is 6.49. The standard InChI is InChI=1S/C24H30ClN3O3S/c1-17(19-8-7-18-5-3-4-6-20(18)15-19)26-24(29)21-9-10-22(25)23(16-21)32(30,31)28-13-11-27(2)12-14-28/h7-10,15-17H,3-6,11-14H2,1-2H3,(H,26,29)/t17-/m1/s1. The van der Waals surface area contributed by atoms with Gasteiger partial charge in [-0.15, -0.1) is 0 Å². The van der Waals surface area contributed by atoms with Crippen LogP contribution in [0.1, 0.15) is 52.9 Å². The van der Waals surface area contributed by atoms with E-state index in [0.717, 1.165) is 18.4 Å². The van der Waals surface area contributed by atoms with Crippen molar-refractivity contribution in [2.24, 2.45) is 0 Å². The number of carbonyl (C=O) groups is 1. The molecule has 32 heavy (non-hydrogen) atoms. The maximum absolute atomic E-state index is 13.2. The van der Waals surface area contributed by atoms with Gasteiger partial charge in [-0.25, -0.2) is 8.42 Å². The van der Waals surface area contributed by atoms with Gasteiger partial charge in [0.1, 0.15) is 4.90 Å². The van der Waals surface area contributed by atoms with Crippen molar-refractivity contribution in [3.05, 3.63) is 63.7 Å². The number of benzene rings is 2. The van der Waals surface area contributed by atoms with Crippen molar-refractivity contribution in [2.75, 3.05) is 33.2 Å². The number of halogens is 1. The van der Waals surface area contributed by atoms with Crippen LogP contribution in [-0.4, -0.2) is 56.8 Å². The first-order valence-corrected chi connectivity index (χ1v) is 13.0. The molecule has 1 fully saturated rings. The molecule has 2 aromatic rings. The average Bonchev–Trinajstić information content (AvgIpc) is 2.79. The number of sulfonamides is 1. The molecule has 1 heterocycles. The van der Waals surface area contributed by atoms with Gasteiger partial charge < -0.3 is 10.2 Å². The molecule has 1 amide bonds. The van der Waals surface area contributed by atoms with Crippen molar-refractivity contribution in [1.82, 2.24) is 14.5 Å². The van der Waals surface area contributed by atoms with Crippen LogP contribution in [0.25, 0.3) is 0 Å². The largest absolute Gasteiger partial charge is 0.346 e. The zero-order chi connectivity index (χ0) is 22.9. The summed E-state index contributed by atoms with van der Waals surface area (Å²) in [6, 6.07) is 10.7. The second kappa shape index (κ2) is 9.51. The Hall–Kier alpha value is -1.93. The van der Waals surface area contributed by atoms with Crippen molar-refractivity contribution >= 4 is 27.5 Å². The van der Waals surface area contributed by atoms with Crippen LogP contribution in [0.5, 0.6) is 0 Å². The van der Waals surface area contributed by atoms with E-state index in [-0.39, 0.29) is 27.4 Å². The lowest BCUT2D eigenvalue weighted by Gasteiger charge is -2.31. The lowest BCUT2D eigenvalue weighted by molar-refractivity contribution is 0.0939. The molecular formula is C24H30ClN3O3S. The monoisotopic (exact) mass is 475 g/mol. The van der Waals surface area contributed by atoms with Gasteiger partial charge in [0.25, 0.3) is 5.91 Å². The lowest BCUT2D eigenvalue weighted by atomic mass is 9.89. The number of aryl methyl sites for hydroxylation is 2. The number of nitrogens with zero attached hydrogens (tertiary/aromatic N) is 2. The highest BCUT2D eigenvalue weighted by molar-refractivity contribution is 7.89. The van der Waals surface area contributed by atoms with Crippen molar-refractivity contribution in [1.29, 1.82) is 0 Å². The number of amides is 1. The zero-order valence-electron chi connectivity index (χ0n) is 18.6. The third kappa shape index (κ3) is 4.86. The summed E-state index contributed by atoms with van der Waals surface area (Å²) in [4.78, 5) is 15.0. The summed E-state index contributed by atoms with van der Waals surface area (Å²) in [5.74, 6) is -0.318. The summed E-state index contributed by atoms with van der Waals surface area (Å²) in [6.07, 6.45) is 4.63. The minimum atomic E-state index is -3.77. The zero-order valence-corrected chi connectivity index (χ0v) is 20.2. The number of nitrogens with one attached hydrogen (secondary N) is 1. The van der Waals surface area contributed by atoms with Crippen LogP contribution >= 0.6 is 11.6 Å². The number of rotatable bonds is 5. The SMILES string of the molecule is C[C@@H](NC(=O)c1ccc(Cl)c(S(=O)(=O)N2CCN(C)CC2)c1)c1ccc2c(c1)CCCC2. The molecule has 6 nitrogen and oxygen atoms in total. The van der Waals surface area contributed by atoms with Gasteiger partial charge in [-0.2, -0.15) is 4.31 Å². The Bertz CT molecular complexity index is 1110. The van der Waals surface area contributed by atoms with Crippen molar-refractivity contribution in [3.8, 4) is 0 Å². The summed E-state index contributed by atoms with van der Waals surface area (Å²) in [5, 5.41) is 3.13. The molecule has 1 N–H and O–H groups in total. The minimum Gasteiger partial charge on any atom is -0.346 e. The van der Waals surface area contributed by atoms with Gasteiger partial charge in [0.15, 0.2) is 0 Å². The molecule has 1 aliphatic heterocycles. The van der Waals surface area contributed by atoms with Crippen molar-refractivity contribution in [3.63, 3.8) is 0 Å². The Morgan fingerprint density at radius 2 is 1.69 bits per heavy atom. The van der Waals surface area contributed by atoms with E-state index in [1.807, 2.05) is 14.0 Å². The maximum atomic E-state index is 13.2. The number of fused-ring (bicyclic) bond motifs is 1. The molecular weight excluding hydrogens is 446 g/mol. The fourth-order valence-corrected chi connectivity index (χ4v) is 6.32. The van der Waals surface area contributed by atoms with Gasteiger partial charge in [0.05, 0.1) is 11.1 Å². The molecule has 1 atom stereocenters. The van der Waals surface area contributed by atoms with E-state index in [0.29, 0.717) is 26.2 Å². The summed E-state index contributed by atoms with van der Waals surface area (Å²) in [5.41, 5.74) is 4.10. The van der Waals surface area contributed by atoms with E-state index >= 15 is 0 Å². The van der Waals surface area contributed by atoms with Gasteiger partial charge in [-0.3, -0.25) is 4.79 Å². The van der Waals surface area contributed by atoms with E-state index in [1.165, 1.54) is 40.4 Å². The highest BCUT2D eigenvalue weighted by Crippen LogP contribution is 2.28. The van der Waals surface area contributed by atoms with Gasteiger partial charge in [-0.05, 0) is 74.5 Å². The first kappa shape index (κ1) is 23.2. The number of carbonyl (C=O) groups excluding carboxylic acids is 1. The van der Waals surface area contributed by atoms with Gasteiger partial charge in [0.2, 0.25) is 10.0 Å². The molecule has 0 radical (unpaired) electrons. The van der Waals surface area contributed by atoms with Crippen LogP contribution in [-0.2, 0) is 22.9 Å². The molecule has 2 aliphatic rings. The summed E-state index contributed by atoms with van der Waals surface area (Å²) in [7, 11) is -1.80. The number of piperazine rings is 1. The third-order valence-corrected chi connectivity index (χ3v) is 8.87. The number of hydrogen-bond acceptors (Lipinski definition) is 4. The lowest BCUT2D eigenvalue weighted by Crippen LogP contribution is -2.47. The Morgan fingerprint density at radius 3 is 2.41 bits per heavy atom. The Morgan fingerprint density at radius 1 is 1.00 bits per heavy atom. The maximum Gasteiger partial charge on any atom is 0.251 e. The first-order valence-electron chi connectivity index (χ1n) is 11.2. The van der Waals surface area contributed by atoms with E-state index < -0.39 is 10.0 Å². The molecule has 1 saturated heterocycles. The Labute approximate surface area is 195 Å². The van der Waals surface area contributed by atoms with Crippen LogP contribution in [0, 0.1) is 0 Å². The summed E-state index contributed by atoms with van der Waals surface area (Å²) in [6.45, 7) is 4.08.